The molecule has 0 unspecified atom stereocenters. The summed E-state index contributed by atoms with van der Waals surface area (Å²) in [6.07, 6.45) is 6.02. The third kappa shape index (κ3) is 1.53. The van der Waals surface area contributed by atoms with Gasteiger partial charge in [-0.2, -0.15) is 0 Å². The van der Waals surface area contributed by atoms with E-state index < -0.39 is 0 Å². The Labute approximate surface area is 78.9 Å². The van der Waals surface area contributed by atoms with Gasteiger partial charge in [-0.25, -0.2) is 0 Å². The zero-order valence-electron chi connectivity index (χ0n) is 8.21. The van der Waals surface area contributed by atoms with Crippen LogP contribution in [-0.2, 0) is 4.79 Å². The molecule has 0 aromatic heterocycles. The molecule has 0 aromatic rings. The summed E-state index contributed by atoms with van der Waals surface area (Å²) < 4.78 is 0. The van der Waals surface area contributed by atoms with Crippen molar-refractivity contribution < 1.29 is 4.79 Å². The van der Waals surface area contributed by atoms with Crippen molar-refractivity contribution >= 4 is 5.91 Å². The van der Waals surface area contributed by atoms with Gasteiger partial charge in [0.05, 0.1) is 6.04 Å². The maximum atomic E-state index is 11.6. The topological polar surface area (TPSA) is 20.3 Å². The number of fused-ring (bicyclic) bond motifs is 1. The van der Waals surface area contributed by atoms with Crippen LogP contribution in [0.15, 0.2) is 23.3 Å². The van der Waals surface area contributed by atoms with E-state index in [1.165, 1.54) is 11.1 Å². The first-order chi connectivity index (χ1) is 6.16. The van der Waals surface area contributed by atoms with Crippen molar-refractivity contribution in [3.63, 3.8) is 0 Å². The number of carbonyl (C=O) groups is 1. The molecule has 70 valence electrons. The Morgan fingerprint density at radius 2 is 2.15 bits per heavy atom. The number of hydrogen-bond acceptors (Lipinski definition) is 1. The van der Waals surface area contributed by atoms with E-state index in [4.69, 9.17) is 0 Å². The molecule has 0 bridgehead atoms. The second kappa shape index (κ2) is 3.02. The number of rotatable bonds is 0. The fourth-order valence-electron chi connectivity index (χ4n) is 2.08. The molecule has 2 heteroatoms. The molecular formula is C11H15NO. The molecular weight excluding hydrogens is 162 g/mol. The number of nitrogens with zero attached hydrogens (tertiary/aromatic N) is 1. The van der Waals surface area contributed by atoms with Crippen molar-refractivity contribution in [2.45, 2.75) is 32.7 Å². The minimum absolute atomic E-state index is 0.286. The average molecular weight is 177 g/mol. The zero-order valence-corrected chi connectivity index (χ0v) is 8.21. The maximum absolute atomic E-state index is 11.6. The summed E-state index contributed by atoms with van der Waals surface area (Å²) in [4.78, 5) is 13.6. The van der Waals surface area contributed by atoms with Crippen molar-refractivity contribution in [2.24, 2.45) is 0 Å². The van der Waals surface area contributed by atoms with Crippen LogP contribution in [0.1, 0.15) is 26.7 Å². The monoisotopic (exact) mass is 177 g/mol. The van der Waals surface area contributed by atoms with Crippen molar-refractivity contribution in [1.29, 1.82) is 0 Å². The summed E-state index contributed by atoms with van der Waals surface area (Å²) in [5.41, 5.74) is 2.63. The number of amides is 1. The lowest BCUT2D eigenvalue weighted by atomic mass is 9.94. The van der Waals surface area contributed by atoms with Gasteiger partial charge >= 0.3 is 0 Å². The predicted molar refractivity (Wildman–Crippen MR) is 52.2 cm³/mol. The molecule has 13 heavy (non-hydrogen) atoms. The van der Waals surface area contributed by atoms with Crippen LogP contribution < -0.4 is 0 Å². The van der Waals surface area contributed by atoms with Crippen LogP contribution in [0, 0.1) is 0 Å². The lowest BCUT2D eigenvalue weighted by molar-refractivity contribution is -0.132. The van der Waals surface area contributed by atoms with Crippen LogP contribution in [0.2, 0.25) is 0 Å². The SMILES string of the molecule is CC1=C[C@H]2CC(C)=CCN2C(=O)C1. The molecule has 1 atom stereocenters. The van der Waals surface area contributed by atoms with Crippen LogP contribution in [0.3, 0.4) is 0 Å². The first-order valence-electron chi connectivity index (χ1n) is 4.79. The van der Waals surface area contributed by atoms with Gasteiger partial charge in [0.15, 0.2) is 0 Å². The van der Waals surface area contributed by atoms with Crippen LogP contribution in [0.4, 0.5) is 0 Å². The standard InChI is InChI=1S/C11H15NO/c1-8-3-4-12-10(5-8)6-9(2)7-11(12)13/h3,6,10H,4-5,7H2,1-2H3/t10-/m1/s1. The summed E-state index contributed by atoms with van der Waals surface area (Å²) >= 11 is 0. The smallest absolute Gasteiger partial charge is 0.227 e. The lowest BCUT2D eigenvalue weighted by Crippen LogP contribution is -2.44. The second-order valence-electron chi connectivity index (χ2n) is 4.06. The van der Waals surface area contributed by atoms with E-state index in [1.807, 2.05) is 11.8 Å². The molecule has 0 N–H and O–H groups in total. The third-order valence-corrected chi connectivity index (χ3v) is 2.80. The van der Waals surface area contributed by atoms with Crippen molar-refractivity contribution in [2.75, 3.05) is 6.54 Å². The summed E-state index contributed by atoms with van der Waals surface area (Å²) in [6.45, 7) is 4.99. The molecule has 0 aromatic carbocycles. The highest BCUT2D eigenvalue weighted by Gasteiger charge is 2.27. The first-order valence-corrected chi connectivity index (χ1v) is 4.79. The quantitative estimate of drug-likeness (QED) is 0.517. The highest BCUT2D eigenvalue weighted by atomic mass is 16.2. The van der Waals surface area contributed by atoms with E-state index >= 15 is 0 Å². The van der Waals surface area contributed by atoms with Crippen molar-refractivity contribution in [3.05, 3.63) is 23.3 Å². The molecule has 2 rings (SSSR count). The molecule has 2 nitrogen and oxygen atoms in total. The molecule has 1 amide bonds. The average Bonchev–Trinajstić information content (AvgIpc) is 2.02. The van der Waals surface area contributed by atoms with Gasteiger partial charge in [0.25, 0.3) is 0 Å². The Kier molecular flexibility index (Phi) is 1.98. The van der Waals surface area contributed by atoms with Crippen molar-refractivity contribution in [3.8, 4) is 0 Å². The Hall–Kier alpha value is -1.05. The molecule has 2 aliphatic rings. The van der Waals surface area contributed by atoms with E-state index in [2.05, 4.69) is 19.1 Å². The summed E-state index contributed by atoms with van der Waals surface area (Å²) in [5.74, 6) is 0.286. The molecule has 0 spiro atoms. The Balaban J connectivity index is 2.26. The minimum atomic E-state index is 0.286. The minimum Gasteiger partial charge on any atom is -0.332 e. The molecule has 0 radical (unpaired) electrons. The van der Waals surface area contributed by atoms with Crippen LogP contribution in [-0.4, -0.2) is 23.4 Å². The summed E-state index contributed by atoms with van der Waals surface area (Å²) in [6, 6.07) is 0.339. The Morgan fingerprint density at radius 3 is 2.92 bits per heavy atom. The summed E-state index contributed by atoms with van der Waals surface area (Å²) in [5, 5.41) is 0. The molecule has 0 saturated heterocycles. The normalized spacial score (nSPS) is 28.0. The van der Waals surface area contributed by atoms with Crippen molar-refractivity contribution in [1.82, 2.24) is 4.90 Å². The molecule has 0 aliphatic carbocycles. The van der Waals surface area contributed by atoms with Gasteiger partial charge in [-0.05, 0) is 20.3 Å². The van der Waals surface area contributed by atoms with E-state index in [1.54, 1.807) is 0 Å². The third-order valence-electron chi connectivity index (χ3n) is 2.80. The fourth-order valence-corrected chi connectivity index (χ4v) is 2.08. The molecule has 0 fully saturated rings. The van der Waals surface area contributed by atoms with Gasteiger partial charge in [0, 0.05) is 13.0 Å². The number of carbonyl (C=O) groups excluding carboxylic acids is 1. The first kappa shape index (κ1) is 8.54. The van der Waals surface area contributed by atoms with Gasteiger partial charge in [0.1, 0.15) is 0 Å². The van der Waals surface area contributed by atoms with E-state index in [9.17, 15) is 4.79 Å². The van der Waals surface area contributed by atoms with Gasteiger partial charge < -0.3 is 4.90 Å². The summed E-state index contributed by atoms with van der Waals surface area (Å²) in [7, 11) is 0. The Morgan fingerprint density at radius 1 is 1.38 bits per heavy atom. The Bertz CT molecular complexity index is 301. The maximum Gasteiger partial charge on any atom is 0.227 e. The highest BCUT2D eigenvalue weighted by molar-refractivity contribution is 5.81. The molecule has 2 heterocycles. The predicted octanol–water partition coefficient (Wildman–Crippen LogP) is 1.88. The van der Waals surface area contributed by atoms with E-state index in [0.717, 1.165) is 13.0 Å². The lowest BCUT2D eigenvalue weighted by Gasteiger charge is -2.36. The zero-order chi connectivity index (χ0) is 9.42. The van der Waals surface area contributed by atoms with E-state index in [-0.39, 0.29) is 5.91 Å². The van der Waals surface area contributed by atoms with Crippen LogP contribution in [0.25, 0.3) is 0 Å². The van der Waals surface area contributed by atoms with Gasteiger partial charge in [-0.3, -0.25) is 4.79 Å². The van der Waals surface area contributed by atoms with Gasteiger partial charge in [-0.1, -0.05) is 23.3 Å². The van der Waals surface area contributed by atoms with Gasteiger partial charge in [0.2, 0.25) is 5.91 Å². The highest BCUT2D eigenvalue weighted by Crippen LogP contribution is 2.25. The largest absolute Gasteiger partial charge is 0.332 e. The molecule has 2 aliphatic heterocycles. The van der Waals surface area contributed by atoms with Crippen LogP contribution in [0.5, 0.6) is 0 Å². The van der Waals surface area contributed by atoms with Gasteiger partial charge in [-0.15, -0.1) is 0 Å². The van der Waals surface area contributed by atoms with E-state index in [0.29, 0.717) is 12.5 Å². The second-order valence-corrected chi connectivity index (χ2v) is 4.06. The fraction of sp³-hybridized carbons (Fsp3) is 0.545. The number of hydrogen-bond donors (Lipinski definition) is 0. The molecule has 0 saturated carbocycles. The van der Waals surface area contributed by atoms with Crippen LogP contribution >= 0.6 is 0 Å².